The van der Waals surface area contributed by atoms with Crippen LogP contribution in [-0.2, 0) is 4.79 Å². The molecule has 0 aromatic heterocycles. The van der Waals surface area contributed by atoms with Gasteiger partial charge < -0.3 is 4.79 Å². The number of hydrogen-bond donors (Lipinski definition) is 1. The van der Waals surface area contributed by atoms with E-state index in [1.165, 1.54) is 0 Å². The van der Waals surface area contributed by atoms with Crippen LogP contribution in [0.4, 0.5) is 0 Å². The van der Waals surface area contributed by atoms with Gasteiger partial charge in [0.1, 0.15) is 6.29 Å². The van der Waals surface area contributed by atoms with Crippen LogP contribution in [0, 0.1) is 5.92 Å². The standard InChI is InChI=1S/C6H10OS/c7-4-5-1-2-6(8)3-5/h4-6,8H,1-3H2. The molecule has 0 bridgehead atoms. The summed E-state index contributed by atoms with van der Waals surface area (Å²) in [5, 5.41) is 0.491. The molecule has 0 aromatic carbocycles. The maximum atomic E-state index is 10.1. The van der Waals surface area contributed by atoms with Gasteiger partial charge in [0.05, 0.1) is 0 Å². The van der Waals surface area contributed by atoms with Crippen LogP contribution in [0.1, 0.15) is 19.3 Å². The molecule has 0 saturated heterocycles. The predicted molar refractivity (Wildman–Crippen MR) is 36.2 cm³/mol. The molecule has 2 heteroatoms. The largest absolute Gasteiger partial charge is 0.303 e. The highest BCUT2D eigenvalue weighted by Gasteiger charge is 2.20. The molecule has 0 radical (unpaired) electrons. The first-order valence-corrected chi connectivity index (χ1v) is 3.48. The van der Waals surface area contributed by atoms with Gasteiger partial charge in [-0.15, -0.1) is 0 Å². The first-order chi connectivity index (χ1) is 3.83. The fourth-order valence-electron chi connectivity index (χ4n) is 1.12. The Morgan fingerprint density at radius 1 is 1.50 bits per heavy atom. The zero-order valence-electron chi connectivity index (χ0n) is 4.71. The SMILES string of the molecule is O=CC1CCC(S)C1. The Morgan fingerprint density at radius 2 is 2.25 bits per heavy atom. The van der Waals surface area contributed by atoms with Gasteiger partial charge in [-0.2, -0.15) is 12.6 Å². The van der Waals surface area contributed by atoms with Crippen LogP contribution in [0.5, 0.6) is 0 Å². The average Bonchev–Trinajstić information content (AvgIpc) is 2.14. The summed E-state index contributed by atoms with van der Waals surface area (Å²) in [5.41, 5.74) is 0. The lowest BCUT2D eigenvalue weighted by Crippen LogP contribution is -1.95. The van der Waals surface area contributed by atoms with E-state index in [4.69, 9.17) is 0 Å². The molecule has 1 aliphatic carbocycles. The molecule has 1 fully saturated rings. The summed E-state index contributed by atoms with van der Waals surface area (Å²) in [4.78, 5) is 10.1. The van der Waals surface area contributed by atoms with E-state index in [0.29, 0.717) is 11.2 Å². The lowest BCUT2D eigenvalue weighted by atomic mass is 10.1. The lowest BCUT2D eigenvalue weighted by Gasteiger charge is -1.95. The van der Waals surface area contributed by atoms with Crippen LogP contribution in [0.3, 0.4) is 0 Å². The minimum absolute atomic E-state index is 0.317. The van der Waals surface area contributed by atoms with Crippen molar-refractivity contribution in [3.05, 3.63) is 0 Å². The predicted octanol–water partition coefficient (Wildman–Crippen LogP) is 1.28. The van der Waals surface area contributed by atoms with Crippen molar-refractivity contribution in [3.63, 3.8) is 0 Å². The Kier molecular flexibility index (Phi) is 1.95. The van der Waals surface area contributed by atoms with Crippen molar-refractivity contribution in [2.75, 3.05) is 0 Å². The summed E-state index contributed by atoms with van der Waals surface area (Å²) in [5.74, 6) is 0.317. The van der Waals surface area contributed by atoms with E-state index < -0.39 is 0 Å². The van der Waals surface area contributed by atoms with Crippen molar-refractivity contribution in [2.45, 2.75) is 24.5 Å². The zero-order valence-corrected chi connectivity index (χ0v) is 5.60. The normalized spacial score (nSPS) is 37.6. The van der Waals surface area contributed by atoms with Gasteiger partial charge in [-0.1, -0.05) is 0 Å². The summed E-state index contributed by atoms with van der Waals surface area (Å²) < 4.78 is 0. The molecule has 1 nitrogen and oxygen atoms in total. The number of hydrogen-bond acceptors (Lipinski definition) is 2. The van der Waals surface area contributed by atoms with Crippen molar-refractivity contribution < 1.29 is 4.79 Å². The highest BCUT2D eigenvalue weighted by molar-refractivity contribution is 7.80. The Hall–Kier alpha value is 0.0200. The molecule has 8 heavy (non-hydrogen) atoms. The summed E-state index contributed by atoms with van der Waals surface area (Å²) in [6, 6.07) is 0. The van der Waals surface area contributed by atoms with Crippen molar-refractivity contribution in [2.24, 2.45) is 5.92 Å². The van der Waals surface area contributed by atoms with Crippen LogP contribution < -0.4 is 0 Å². The molecular formula is C6H10OS. The third-order valence-corrected chi connectivity index (χ3v) is 2.11. The number of rotatable bonds is 1. The quantitative estimate of drug-likeness (QED) is 0.418. The molecule has 0 aliphatic heterocycles. The average molecular weight is 130 g/mol. The molecule has 46 valence electrons. The van der Waals surface area contributed by atoms with Crippen LogP contribution >= 0.6 is 12.6 Å². The summed E-state index contributed by atoms with van der Waals surface area (Å²) in [6.45, 7) is 0. The van der Waals surface area contributed by atoms with Gasteiger partial charge in [0.2, 0.25) is 0 Å². The fraction of sp³-hybridized carbons (Fsp3) is 0.833. The van der Waals surface area contributed by atoms with E-state index in [-0.39, 0.29) is 0 Å². The van der Waals surface area contributed by atoms with Crippen LogP contribution in [0.15, 0.2) is 0 Å². The van der Waals surface area contributed by atoms with E-state index in [1.54, 1.807) is 0 Å². The van der Waals surface area contributed by atoms with E-state index in [9.17, 15) is 4.79 Å². The summed E-state index contributed by atoms with van der Waals surface area (Å²) >= 11 is 4.25. The van der Waals surface area contributed by atoms with Crippen LogP contribution in [-0.4, -0.2) is 11.5 Å². The molecular weight excluding hydrogens is 120 g/mol. The Balaban J connectivity index is 2.32. The van der Waals surface area contributed by atoms with Crippen molar-refractivity contribution >= 4 is 18.9 Å². The van der Waals surface area contributed by atoms with Gasteiger partial charge in [-0.05, 0) is 19.3 Å². The lowest BCUT2D eigenvalue weighted by molar-refractivity contribution is -0.110. The van der Waals surface area contributed by atoms with Crippen LogP contribution in [0.2, 0.25) is 0 Å². The molecule has 0 amide bonds. The Bertz CT molecular complexity index is 92.5. The van der Waals surface area contributed by atoms with E-state index in [1.807, 2.05) is 0 Å². The van der Waals surface area contributed by atoms with Gasteiger partial charge in [0, 0.05) is 11.2 Å². The monoisotopic (exact) mass is 130 g/mol. The van der Waals surface area contributed by atoms with Gasteiger partial charge in [0.25, 0.3) is 0 Å². The third kappa shape index (κ3) is 1.25. The van der Waals surface area contributed by atoms with E-state index >= 15 is 0 Å². The molecule has 1 saturated carbocycles. The molecule has 0 heterocycles. The summed E-state index contributed by atoms with van der Waals surface area (Å²) in [6.07, 6.45) is 4.22. The van der Waals surface area contributed by atoms with E-state index in [0.717, 1.165) is 25.5 Å². The second-order valence-electron chi connectivity index (χ2n) is 2.36. The second-order valence-corrected chi connectivity index (χ2v) is 3.09. The van der Waals surface area contributed by atoms with Crippen LogP contribution in [0.25, 0.3) is 0 Å². The highest BCUT2D eigenvalue weighted by atomic mass is 32.1. The molecule has 1 rings (SSSR count). The topological polar surface area (TPSA) is 17.1 Å². The van der Waals surface area contributed by atoms with Gasteiger partial charge in [0.15, 0.2) is 0 Å². The highest BCUT2D eigenvalue weighted by Crippen LogP contribution is 2.27. The van der Waals surface area contributed by atoms with Crippen molar-refractivity contribution in [3.8, 4) is 0 Å². The first-order valence-electron chi connectivity index (χ1n) is 2.96. The smallest absolute Gasteiger partial charge is 0.123 e. The second kappa shape index (κ2) is 2.53. The van der Waals surface area contributed by atoms with Crippen molar-refractivity contribution in [1.82, 2.24) is 0 Å². The minimum atomic E-state index is 0.317. The van der Waals surface area contributed by atoms with E-state index in [2.05, 4.69) is 12.6 Å². The third-order valence-electron chi connectivity index (χ3n) is 1.64. The maximum Gasteiger partial charge on any atom is 0.123 e. The van der Waals surface area contributed by atoms with Gasteiger partial charge >= 0.3 is 0 Å². The number of carbonyl (C=O) groups is 1. The Labute approximate surface area is 54.9 Å². The zero-order chi connectivity index (χ0) is 5.98. The number of carbonyl (C=O) groups excluding carboxylic acids is 1. The Morgan fingerprint density at radius 3 is 2.50 bits per heavy atom. The molecule has 0 aromatic rings. The van der Waals surface area contributed by atoms with Gasteiger partial charge in [-0.3, -0.25) is 0 Å². The molecule has 1 aliphatic rings. The molecule has 0 N–H and O–H groups in total. The molecule has 2 unspecified atom stereocenters. The number of aldehydes is 1. The first kappa shape index (κ1) is 6.14. The fourth-order valence-corrected chi connectivity index (χ4v) is 1.54. The molecule has 0 spiro atoms. The molecule has 2 atom stereocenters. The van der Waals surface area contributed by atoms with Gasteiger partial charge in [-0.25, -0.2) is 0 Å². The number of thiol groups is 1. The maximum absolute atomic E-state index is 10.1. The summed E-state index contributed by atoms with van der Waals surface area (Å²) in [7, 11) is 0. The van der Waals surface area contributed by atoms with Crippen molar-refractivity contribution in [1.29, 1.82) is 0 Å². The minimum Gasteiger partial charge on any atom is -0.303 e.